The molecule has 2 aliphatic carbocycles. The Bertz CT molecular complexity index is 169. The van der Waals surface area contributed by atoms with Crippen molar-refractivity contribution in [2.45, 2.75) is 13.8 Å². The molecule has 2 fully saturated rings. The fraction of sp³-hybridized carbons (Fsp3) is 0.267. The van der Waals surface area contributed by atoms with Gasteiger partial charge in [-0.25, -0.2) is 0 Å². The van der Waals surface area contributed by atoms with Gasteiger partial charge in [0, 0.05) is 31.6 Å². The molecule has 2 nitrogen and oxygen atoms in total. The van der Waals surface area contributed by atoms with Crippen LogP contribution >= 0.6 is 24.8 Å². The molecule has 5 heteroatoms. The summed E-state index contributed by atoms with van der Waals surface area (Å²) < 4.78 is 0.690. The number of thiol groups is 1. The minimum absolute atomic E-state index is 0. The summed E-state index contributed by atoms with van der Waals surface area (Å²) >= 11 is 8.82. The van der Waals surface area contributed by atoms with E-state index in [-0.39, 0.29) is 24.0 Å². The first-order valence-corrected chi connectivity index (χ1v) is 6.89. The van der Waals surface area contributed by atoms with E-state index in [1.54, 1.807) is 0 Å². The van der Waals surface area contributed by atoms with E-state index in [4.69, 9.17) is 12.2 Å². The number of nitrogens with zero attached hydrogens (tertiary/aromatic N) is 1. The van der Waals surface area contributed by atoms with Crippen LogP contribution in [0.25, 0.3) is 0 Å². The second-order valence-corrected chi connectivity index (χ2v) is 4.49. The van der Waals surface area contributed by atoms with Crippen LogP contribution in [0.5, 0.6) is 0 Å². The molecule has 0 spiro atoms. The summed E-state index contributed by atoms with van der Waals surface area (Å²) in [4.78, 5) is 2.01. The average molecular weight is 346 g/mol. The Balaban J connectivity index is -0.000000212. The Labute approximate surface area is 149 Å². The molecule has 20 heavy (non-hydrogen) atoms. The maximum atomic E-state index is 4.81. The summed E-state index contributed by atoms with van der Waals surface area (Å²) in [6.07, 6.45) is 20.0. The van der Waals surface area contributed by atoms with Crippen LogP contribution in [0.3, 0.4) is 0 Å². The molecule has 2 saturated carbocycles. The molecular formula is C15H21NOS2V-2. The summed E-state index contributed by atoms with van der Waals surface area (Å²) in [5.74, 6) is 0. The summed E-state index contributed by atoms with van der Waals surface area (Å²) in [6, 6.07) is 0. The first kappa shape index (κ1) is 25.7. The van der Waals surface area contributed by atoms with Gasteiger partial charge in [0.05, 0.1) is 0 Å². The van der Waals surface area contributed by atoms with E-state index in [0.29, 0.717) is 4.32 Å². The first-order valence-electron chi connectivity index (χ1n) is 6.03. The third-order valence-corrected chi connectivity index (χ3v) is 2.69. The van der Waals surface area contributed by atoms with Crippen molar-refractivity contribution in [3.05, 3.63) is 64.2 Å². The van der Waals surface area contributed by atoms with Crippen molar-refractivity contribution in [2.75, 3.05) is 13.1 Å². The number of rotatable bonds is 2. The van der Waals surface area contributed by atoms with Crippen LogP contribution in [0.2, 0.25) is 0 Å². The van der Waals surface area contributed by atoms with E-state index >= 15 is 0 Å². The Kier molecular flexibility index (Phi) is 25.4. The quantitative estimate of drug-likeness (QED) is 0.613. The third kappa shape index (κ3) is 16.8. The van der Waals surface area contributed by atoms with Gasteiger partial charge in [-0.2, -0.15) is 0 Å². The molecule has 0 bridgehead atoms. The molecule has 0 aromatic rings. The molecule has 111 valence electrons. The van der Waals surface area contributed by atoms with Crippen LogP contribution in [0.1, 0.15) is 13.8 Å². The van der Waals surface area contributed by atoms with Crippen molar-refractivity contribution in [3.63, 3.8) is 0 Å². The van der Waals surface area contributed by atoms with Gasteiger partial charge in [0.25, 0.3) is 0 Å². The van der Waals surface area contributed by atoms with Crippen LogP contribution in [0.15, 0.2) is 0 Å². The molecule has 0 aromatic heterocycles. The smallest absolute Gasteiger partial charge is 0.133 e. The minimum Gasteiger partial charge on any atom is -2.00 e. The van der Waals surface area contributed by atoms with E-state index in [1.165, 1.54) is 0 Å². The Hall–Kier alpha value is 0.784. The van der Waals surface area contributed by atoms with Gasteiger partial charge >= 0.3 is 0 Å². The predicted octanol–water partition coefficient (Wildman–Crippen LogP) is 3.46. The van der Waals surface area contributed by atoms with Crippen molar-refractivity contribution in [2.24, 2.45) is 0 Å². The third-order valence-electron chi connectivity index (χ3n) is 2.15. The van der Waals surface area contributed by atoms with Crippen molar-refractivity contribution < 1.29 is 24.0 Å². The summed E-state index contributed by atoms with van der Waals surface area (Å²) in [5, 5.41) is 0. The Morgan fingerprint density at radius 2 is 1.00 bits per heavy atom. The summed E-state index contributed by atoms with van der Waals surface area (Å²) in [7, 11) is 0. The monoisotopic (exact) mass is 346 g/mol. The van der Waals surface area contributed by atoms with Crippen LogP contribution in [-0.2, 0) is 24.0 Å². The van der Waals surface area contributed by atoms with E-state index in [0.717, 1.165) is 13.1 Å². The van der Waals surface area contributed by atoms with E-state index in [2.05, 4.69) is 26.5 Å². The van der Waals surface area contributed by atoms with Gasteiger partial charge in [-0.1, -0.05) is 12.2 Å². The molecular weight excluding hydrogens is 325 g/mol. The number of thiocarbonyl (C=S) groups is 1. The fourth-order valence-electron chi connectivity index (χ4n) is 1.14. The largest absolute Gasteiger partial charge is 2.00 e. The molecule has 0 amide bonds. The molecule has 0 aromatic carbocycles. The topological polar surface area (TPSA) is 31.7 Å². The molecule has 2 aliphatic rings. The molecule has 2 rings (SSSR count). The fourth-order valence-corrected chi connectivity index (χ4v) is 1.68. The second kappa shape index (κ2) is 19.8. The van der Waals surface area contributed by atoms with Crippen LogP contribution < -0.4 is 0 Å². The van der Waals surface area contributed by atoms with Crippen molar-refractivity contribution in [1.29, 1.82) is 0 Å². The first-order chi connectivity index (χ1) is 8.72. The van der Waals surface area contributed by atoms with Gasteiger partial charge in [-0.15, -0.1) is 12.6 Å². The zero-order chi connectivity index (χ0) is 13.6. The zero-order valence-corrected chi connectivity index (χ0v) is 15.0. The standard InChI is InChI=1S/C5H11NS2.2C5H5.O.V/c1-3-6(4-2)5(7)8;2*1-2-4-5-3-1;;/h3-4H2,1-2H3,(H,7,8);2*1-5H;;/q;;;-2;. The second-order valence-electron chi connectivity index (χ2n) is 3.38. The Morgan fingerprint density at radius 1 is 0.800 bits per heavy atom. The molecule has 0 N–H and O–H groups in total. The van der Waals surface area contributed by atoms with Crippen LogP contribution in [-0.4, -0.2) is 22.3 Å². The van der Waals surface area contributed by atoms with Crippen molar-refractivity contribution in [1.82, 2.24) is 4.90 Å². The van der Waals surface area contributed by atoms with Crippen LogP contribution in [0, 0.1) is 64.2 Å². The molecule has 11 radical (unpaired) electrons. The normalized spacial score (nSPS) is 15.6. The maximum absolute atomic E-state index is 4.81. The molecule has 0 saturated heterocycles. The van der Waals surface area contributed by atoms with E-state index in [1.807, 2.05) is 69.1 Å². The van der Waals surface area contributed by atoms with Crippen LogP contribution in [0.4, 0.5) is 0 Å². The van der Waals surface area contributed by atoms with Gasteiger partial charge in [0.2, 0.25) is 0 Å². The minimum atomic E-state index is 0. The predicted molar refractivity (Wildman–Crippen MR) is 88.2 cm³/mol. The molecule has 0 aliphatic heterocycles. The van der Waals surface area contributed by atoms with E-state index < -0.39 is 0 Å². The van der Waals surface area contributed by atoms with Crippen molar-refractivity contribution in [3.8, 4) is 0 Å². The summed E-state index contributed by atoms with van der Waals surface area (Å²) in [5.41, 5.74) is 0. The molecule has 0 unspecified atom stereocenters. The van der Waals surface area contributed by atoms with Gasteiger partial charge in [-0.3, -0.25) is 0 Å². The zero-order valence-electron chi connectivity index (χ0n) is 11.8. The van der Waals surface area contributed by atoms with Gasteiger partial charge in [0.15, 0.2) is 0 Å². The van der Waals surface area contributed by atoms with Gasteiger partial charge in [0.1, 0.15) is 4.32 Å². The molecule has 0 heterocycles. The number of hydrogen-bond donors (Lipinski definition) is 1. The Morgan fingerprint density at radius 3 is 1.05 bits per heavy atom. The van der Waals surface area contributed by atoms with Crippen molar-refractivity contribution >= 4 is 29.2 Å². The maximum Gasteiger partial charge on any atom is 0.133 e. The number of hydrogen-bond acceptors (Lipinski definition) is 1. The summed E-state index contributed by atoms with van der Waals surface area (Å²) in [6.45, 7) is 6.04. The van der Waals surface area contributed by atoms with E-state index in [9.17, 15) is 0 Å². The van der Waals surface area contributed by atoms with Gasteiger partial charge in [-0.05, 0) is 78.1 Å². The molecule has 0 atom stereocenters. The average Bonchev–Trinajstić information content (AvgIpc) is 3.09. The van der Waals surface area contributed by atoms with Gasteiger partial charge < -0.3 is 10.4 Å². The SMILES string of the molecule is CCN(CC)C(=S)S.[CH]1[CH][CH][CH][CH]1.[CH]1[CH][CH][CH][CH]1.[O-2].[V].